The van der Waals surface area contributed by atoms with Crippen LogP contribution in [0.3, 0.4) is 0 Å². The fourth-order valence-corrected chi connectivity index (χ4v) is 1.78. The zero-order valence-electron chi connectivity index (χ0n) is 8.76. The van der Waals surface area contributed by atoms with Gasteiger partial charge in [0.1, 0.15) is 0 Å². The predicted octanol–water partition coefficient (Wildman–Crippen LogP) is 3.05. The average Bonchev–Trinajstić information content (AvgIpc) is 2.65. The topological polar surface area (TPSA) is 31.2 Å². The number of hydrogen-bond acceptors (Lipinski definition) is 4. The van der Waals surface area contributed by atoms with E-state index in [9.17, 15) is 0 Å². The summed E-state index contributed by atoms with van der Waals surface area (Å²) in [6.45, 7) is 2.94. The van der Waals surface area contributed by atoms with Crippen LogP contribution in [0.25, 0.3) is 0 Å². The second kappa shape index (κ2) is 4.34. The molecule has 1 aliphatic rings. The number of nitrogens with zero attached hydrogens (tertiary/aromatic N) is 4. The van der Waals surface area contributed by atoms with Crippen molar-refractivity contribution in [3.8, 4) is 0 Å². The smallest absolute Gasteiger partial charge is 0.0898 e. The minimum absolute atomic E-state index is 0.303. The first kappa shape index (κ1) is 10.7. The summed E-state index contributed by atoms with van der Waals surface area (Å²) in [6.07, 6.45) is 0. The molecule has 0 fully saturated rings. The summed E-state index contributed by atoms with van der Waals surface area (Å²) in [5, 5.41) is 10.1. The van der Waals surface area contributed by atoms with Crippen LogP contribution in [0.15, 0.2) is 34.6 Å². The molecule has 0 bridgehead atoms. The van der Waals surface area contributed by atoms with Gasteiger partial charge in [-0.2, -0.15) is 5.11 Å². The second-order valence-corrected chi connectivity index (χ2v) is 5.08. The maximum atomic E-state index is 4.10. The van der Waals surface area contributed by atoms with E-state index in [4.69, 9.17) is 0 Å². The van der Waals surface area contributed by atoms with Crippen LogP contribution in [0.5, 0.6) is 0 Å². The number of benzene rings is 1. The Morgan fingerprint density at radius 3 is 2.53 bits per heavy atom. The Balaban J connectivity index is 2.14. The molecule has 0 amide bonds. The average molecular weight is 316 g/mol. The zero-order chi connectivity index (χ0) is 10.8. The van der Waals surface area contributed by atoms with Gasteiger partial charge in [0.05, 0.1) is 41.1 Å². The molecule has 5 heteroatoms. The van der Waals surface area contributed by atoms with Crippen molar-refractivity contribution in [3.05, 3.63) is 24.3 Å². The highest BCUT2D eigenvalue weighted by atomic mass is 127. The SMILES string of the molecule is CC1CN(c2ccc(N(C)I)cc2)N=N1. The Morgan fingerprint density at radius 2 is 2.07 bits per heavy atom. The third-order valence-electron chi connectivity index (χ3n) is 2.30. The molecule has 0 saturated carbocycles. The van der Waals surface area contributed by atoms with Crippen molar-refractivity contribution in [2.45, 2.75) is 13.0 Å². The van der Waals surface area contributed by atoms with Gasteiger partial charge in [-0.25, -0.2) is 5.01 Å². The van der Waals surface area contributed by atoms with Crippen LogP contribution in [0, 0.1) is 0 Å². The summed E-state index contributed by atoms with van der Waals surface area (Å²) in [4.78, 5) is 0. The van der Waals surface area contributed by atoms with Gasteiger partial charge in [-0.1, -0.05) is 5.22 Å². The molecule has 1 heterocycles. The van der Waals surface area contributed by atoms with E-state index >= 15 is 0 Å². The maximum absolute atomic E-state index is 4.10. The van der Waals surface area contributed by atoms with Crippen LogP contribution in [0.1, 0.15) is 6.92 Å². The number of halogens is 1. The summed E-state index contributed by atoms with van der Waals surface area (Å²) < 4.78 is 2.05. The molecule has 1 aromatic rings. The molecule has 0 N–H and O–H groups in total. The van der Waals surface area contributed by atoms with Gasteiger partial charge in [0.15, 0.2) is 0 Å². The van der Waals surface area contributed by atoms with Crippen molar-refractivity contribution in [2.75, 3.05) is 21.7 Å². The molecule has 0 saturated heterocycles. The number of rotatable bonds is 2. The number of hydrogen-bond donors (Lipinski definition) is 0. The molecule has 80 valence electrons. The number of anilines is 2. The van der Waals surface area contributed by atoms with Crippen molar-refractivity contribution >= 4 is 34.2 Å². The van der Waals surface area contributed by atoms with E-state index in [0.717, 1.165) is 12.2 Å². The molecule has 1 atom stereocenters. The van der Waals surface area contributed by atoms with Crippen molar-refractivity contribution in [1.29, 1.82) is 0 Å². The largest absolute Gasteiger partial charge is 0.318 e. The summed E-state index contributed by atoms with van der Waals surface area (Å²) in [7, 11) is 2.02. The van der Waals surface area contributed by atoms with Crippen LogP contribution < -0.4 is 8.12 Å². The normalized spacial score (nSPS) is 19.7. The van der Waals surface area contributed by atoms with Gasteiger partial charge in [-0.15, -0.1) is 0 Å². The molecule has 1 aliphatic heterocycles. The van der Waals surface area contributed by atoms with Crippen molar-refractivity contribution in [3.63, 3.8) is 0 Å². The molecular formula is C10H13IN4. The molecule has 0 radical (unpaired) electrons. The van der Waals surface area contributed by atoms with Gasteiger partial charge >= 0.3 is 0 Å². The molecule has 2 rings (SSSR count). The zero-order valence-corrected chi connectivity index (χ0v) is 10.9. The Labute approximate surface area is 103 Å². The van der Waals surface area contributed by atoms with E-state index in [2.05, 4.69) is 67.5 Å². The fourth-order valence-electron chi connectivity index (χ4n) is 1.46. The molecule has 0 aromatic heterocycles. The first-order valence-corrected chi connectivity index (χ1v) is 5.81. The van der Waals surface area contributed by atoms with E-state index in [-0.39, 0.29) is 0 Å². The lowest BCUT2D eigenvalue weighted by Crippen LogP contribution is -2.17. The van der Waals surface area contributed by atoms with Crippen molar-refractivity contribution in [1.82, 2.24) is 0 Å². The van der Waals surface area contributed by atoms with Crippen molar-refractivity contribution in [2.24, 2.45) is 10.3 Å². The van der Waals surface area contributed by atoms with Crippen molar-refractivity contribution < 1.29 is 0 Å². The molecule has 4 nitrogen and oxygen atoms in total. The molecule has 15 heavy (non-hydrogen) atoms. The van der Waals surface area contributed by atoms with Crippen LogP contribution in [0.2, 0.25) is 0 Å². The standard InChI is InChI=1S/C10H13IN4/c1-8-7-15(13-12-8)10-5-3-9(4-6-10)14(2)11/h3-6,8H,7H2,1-2H3. The van der Waals surface area contributed by atoms with Crippen LogP contribution >= 0.6 is 22.9 Å². The molecule has 0 aliphatic carbocycles. The predicted molar refractivity (Wildman–Crippen MR) is 70.5 cm³/mol. The molecule has 0 spiro atoms. The van der Waals surface area contributed by atoms with Gasteiger partial charge in [0, 0.05) is 12.7 Å². The summed E-state index contributed by atoms with van der Waals surface area (Å²) in [5.41, 5.74) is 2.29. The Kier molecular flexibility index (Phi) is 3.08. The lowest BCUT2D eigenvalue weighted by molar-refractivity contribution is 0.795. The van der Waals surface area contributed by atoms with Gasteiger partial charge in [-0.3, -0.25) is 0 Å². The van der Waals surface area contributed by atoms with Gasteiger partial charge in [-0.05, 0) is 31.2 Å². The first-order valence-electron chi connectivity index (χ1n) is 4.84. The van der Waals surface area contributed by atoms with Gasteiger partial charge in [0.25, 0.3) is 0 Å². The van der Waals surface area contributed by atoms with Gasteiger partial charge in [0.2, 0.25) is 0 Å². The Bertz CT molecular complexity index is 360. The molecule has 1 aromatic carbocycles. The van der Waals surface area contributed by atoms with Crippen LogP contribution in [-0.4, -0.2) is 19.6 Å². The van der Waals surface area contributed by atoms with Crippen LogP contribution in [-0.2, 0) is 0 Å². The second-order valence-electron chi connectivity index (χ2n) is 3.63. The summed E-state index contributed by atoms with van der Waals surface area (Å²) in [5.74, 6) is 0. The van der Waals surface area contributed by atoms with E-state index in [1.807, 2.05) is 12.1 Å². The minimum atomic E-state index is 0.303. The quantitative estimate of drug-likeness (QED) is 0.620. The van der Waals surface area contributed by atoms with E-state index in [1.54, 1.807) is 0 Å². The minimum Gasteiger partial charge on any atom is -0.318 e. The lowest BCUT2D eigenvalue weighted by Gasteiger charge is -2.15. The third kappa shape index (κ3) is 2.39. The third-order valence-corrected chi connectivity index (χ3v) is 2.85. The maximum Gasteiger partial charge on any atom is 0.0898 e. The fraction of sp³-hybridized carbons (Fsp3) is 0.400. The monoisotopic (exact) mass is 316 g/mol. The van der Waals surface area contributed by atoms with E-state index in [0.29, 0.717) is 6.04 Å². The highest BCUT2D eigenvalue weighted by molar-refractivity contribution is 14.1. The summed E-state index contributed by atoms with van der Waals surface area (Å²) >= 11 is 2.25. The van der Waals surface area contributed by atoms with E-state index in [1.165, 1.54) is 5.69 Å². The Hall–Kier alpha value is -0.850. The first-order chi connectivity index (χ1) is 7.16. The highest BCUT2D eigenvalue weighted by Crippen LogP contribution is 2.24. The van der Waals surface area contributed by atoms with E-state index < -0.39 is 0 Å². The molecule has 1 unspecified atom stereocenters. The Morgan fingerprint density at radius 1 is 1.40 bits per heavy atom. The van der Waals surface area contributed by atoms with Crippen LogP contribution in [0.4, 0.5) is 11.4 Å². The van der Waals surface area contributed by atoms with Gasteiger partial charge < -0.3 is 3.11 Å². The lowest BCUT2D eigenvalue weighted by atomic mass is 10.2. The molecular weight excluding hydrogens is 303 g/mol. The highest BCUT2D eigenvalue weighted by Gasteiger charge is 2.15. The summed E-state index contributed by atoms with van der Waals surface area (Å²) in [6, 6.07) is 8.61.